The number of nitrogens with zero attached hydrogens (tertiary/aromatic N) is 2. The molecular weight excluding hydrogens is 365 g/mol. The lowest BCUT2D eigenvalue weighted by molar-refractivity contribution is 0.0946. The molecule has 1 amide bonds. The first-order valence-electron chi connectivity index (χ1n) is 8.60. The van der Waals surface area contributed by atoms with Crippen LogP contribution in [0.4, 0.5) is 4.39 Å². The average molecular weight is 385 g/mol. The number of aromatic nitrogens is 2. The van der Waals surface area contributed by atoms with Crippen molar-refractivity contribution in [3.8, 4) is 11.5 Å². The van der Waals surface area contributed by atoms with Crippen LogP contribution in [0.1, 0.15) is 16.1 Å². The summed E-state index contributed by atoms with van der Waals surface area (Å²) in [4.78, 5) is 25.0. The zero-order chi connectivity index (χ0) is 20.3. The van der Waals surface area contributed by atoms with Crippen molar-refractivity contribution >= 4 is 16.8 Å². The molecule has 3 aromatic rings. The predicted octanol–water partition coefficient (Wildman–Crippen LogP) is 2.06. The molecule has 1 heterocycles. The standard InChI is InChI=1S/C20H20FN3O4/c1-24-15-6-5-13(21)11-14(15)19(25)18(23-24)20(26)22-9-8-12-4-7-16(27-2)17(10-12)28-3/h4-7,10-11H,8-9H2,1-3H3,(H,22,26). The minimum Gasteiger partial charge on any atom is -0.493 e. The van der Waals surface area contributed by atoms with E-state index in [0.717, 1.165) is 11.6 Å². The van der Waals surface area contributed by atoms with Crippen LogP contribution in [0, 0.1) is 5.82 Å². The molecule has 0 aliphatic carbocycles. The van der Waals surface area contributed by atoms with Gasteiger partial charge in [-0.15, -0.1) is 0 Å². The van der Waals surface area contributed by atoms with Gasteiger partial charge in [0.2, 0.25) is 5.43 Å². The van der Waals surface area contributed by atoms with Crippen LogP contribution >= 0.6 is 0 Å². The first kappa shape index (κ1) is 19.3. The van der Waals surface area contributed by atoms with Gasteiger partial charge in [0.1, 0.15) is 5.82 Å². The van der Waals surface area contributed by atoms with Crippen LogP contribution in [0.3, 0.4) is 0 Å². The van der Waals surface area contributed by atoms with Crippen molar-refractivity contribution in [2.24, 2.45) is 7.05 Å². The normalized spacial score (nSPS) is 10.7. The quantitative estimate of drug-likeness (QED) is 0.702. The van der Waals surface area contributed by atoms with Gasteiger partial charge < -0.3 is 14.8 Å². The molecule has 28 heavy (non-hydrogen) atoms. The maximum absolute atomic E-state index is 13.5. The lowest BCUT2D eigenvalue weighted by atomic mass is 10.1. The van der Waals surface area contributed by atoms with E-state index in [1.807, 2.05) is 12.1 Å². The average Bonchev–Trinajstić information content (AvgIpc) is 2.70. The summed E-state index contributed by atoms with van der Waals surface area (Å²) in [6.45, 7) is 0.292. The zero-order valence-corrected chi connectivity index (χ0v) is 15.8. The molecule has 0 bridgehead atoms. The Morgan fingerprint density at radius 1 is 1.14 bits per heavy atom. The van der Waals surface area contributed by atoms with Crippen LogP contribution < -0.4 is 20.2 Å². The molecule has 0 unspecified atom stereocenters. The van der Waals surface area contributed by atoms with E-state index in [0.29, 0.717) is 30.0 Å². The number of hydrogen-bond donors (Lipinski definition) is 1. The molecule has 7 nitrogen and oxygen atoms in total. The van der Waals surface area contributed by atoms with Gasteiger partial charge in [0.25, 0.3) is 5.91 Å². The summed E-state index contributed by atoms with van der Waals surface area (Å²) in [7, 11) is 4.70. The van der Waals surface area contributed by atoms with Gasteiger partial charge in [0, 0.05) is 13.6 Å². The molecule has 2 aromatic carbocycles. The van der Waals surface area contributed by atoms with E-state index in [-0.39, 0.29) is 11.1 Å². The number of carbonyl (C=O) groups is 1. The Morgan fingerprint density at radius 3 is 2.61 bits per heavy atom. The van der Waals surface area contributed by atoms with E-state index in [9.17, 15) is 14.0 Å². The van der Waals surface area contributed by atoms with Crippen LogP contribution in [0.5, 0.6) is 11.5 Å². The lowest BCUT2D eigenvalue weighted by Crippen LogP contribution is -2.33. The van der Waals surface area contributed by atoms with Crippen molar-refractivity contribution in [2.75, 3.05) is 20.8 Å². The van der Waals surface area contributed by atoms with Gasteiger partial charge in [-0.05, 0) is 42.3 Å². The van der Waals surface area contributed by atoms with Crippen LogP contribution in [0.2, 0.25) is 0 Å². The SMILES string of the molecule is COc1ccc(CCNC(=O)c2nn(C)c3ccc(F)cc3c2=O)cc1OC. The first-order chi connectivity index (χ1) is 13.4. The molecule has 0 atom stereocenters. The van der Waals surface area contributed by atoms with E-state index in [1.54, 1.807) is 27.3 Å². The Morgan fingerprint density at radius 2 is 1.89 bits per heavy atom. The van der Waals surface area contributed by atoms with Crippen LogP contribution in [-0.2, 0) is 13.5 Å². The van der Waals surface area contributed by atoms with Crippen molar-refractivity contribution in [1.82, 2.24) is 15.1 Å². The van der Waals surface area contributed by atoms with Gasteiger partial charge >= 0.3 is 0 Å². The number of nitrogens with one attached hydrogen (secondary N) is 1. The number of carbonyl (C=O) groups excluding carboxylic acids is 1. The van der Waals surface area contributed by atoms with E-state index in [1.165, 1.54) is 16.8 Å². The molecule has 0 aliphatic heterocycles. The molecule has 0 spiro atoms. The number of rotatable bonds is 6. The topological polar surface area (TPSA) is 82.5 Å². The highest BCUT2D eigenvalue weighted by molar-refractivity contribution is 5.95. The monoisotopic (exact) mass is 385 g/mol. The molecule has 1 N–H and O–H groups in total. The van der Waals surface area contributed by atoms with Crippen LogP contribution in [-0.4, -0.2) is 36.5 Å². The maximum atomic E-state index is 13.5. The Labute approximate surface area is 160 Å². The summed E-state index contributed by atoms with van der Waals surface area (Å²) in [6, 6.07) is 9.28. The summed E-state index contributed by atoms with van der Waals surface area (Å²) in [5.74, 6) is 0.0626. The Balaban J connectivity index is 1.75. The molecule has 146 valence electrons. The molecule has 0 radical (unpaired) electrons. The third kappa shape index (κ3) is 3.80. The van der Waals surface area contributed by atoms with E-state index in [4.69, 9.17) is 9.47 Å². The molecule has 0 saturated heterocycles. The van der Waals surface area contributed by atoms with Crippen molar-refractivity contribution < 1.29 is 18.7 Å². The number of methoxy groups -OCH3 is 2. The van der Waals surface area contributed by atoms with E-state index >= 15 is 0 Å². The number of ether oxygens (including phenoxy) is 2. The maximum Gasteiger partial charge on any atom is 0.275 e. The van der Waals surface area contributed by atoms with Crippen molar-refractivity contribution in [3.63, 3.8) is 0 Å². The highest BCUT2D eigenvalue weighted by atomic mass is 19.1. The Hall–Kier alpha value is -3.42. The summed E-state index contributed by atoms with van der Waals surface area (Å²) in [5, 5.41) is 6.83. The zero-order valence-electron chi connectivity index (χ0n) is 15.8. The highest BCUT2D eigenvalue weighted by Crippen LogP contribution is 2.27. The summed E-state index contributed by atoms with van der Waals surface area (Å²) in [5.41, 5.74) is 0.511. The molecule has 0 aliphatic rings. The van der Waals surface area contributed by atoms with Gasteiger partial charge in [-0.25, -0.2) is 4.39 Å². The number of hydrogen-bond acceptors (Lipinski definition) is 5. The van der Waals surface area contributed by atoms with E-state index < -0.39 is 17.2 Å². The highest BCUT2D eigenvalue weighted by Gasteiger charge is 2.16. The second-order valence-corrected chi connectivity index (χ2v) is 6.16. The summed E-state index contributed by atoms with van der Waals surface area (Å²) >= 11 is 0. The molecule has 0 saturated carbocycles. The van der Waals surface area contributed by atoms with Crippen LogP contribution in [0.15, 0.2) is 41.2 Å². The van der Waals surface area contributed by atoms with E-state index in [2.05, 4.69) is 10.4 Å². The molecule has 1 aromatic heterocycles. The fraction of sp³-hybridized carbons (Fsp3) is 0.250. The lowest BCUT2D eigenvalue weighted by Gasteiger charge is -2.10. The first-order valence-corrected chi connectivity index (χ1v) is 8.60. The minimum atomic E-state index is -0.604. The largest absolute Gasteiger partial charge is 0.493 e. The van der Waals surface area contributed by atoms with Crippen molar-refractivity contribution in [2.45, 2.75) is 6.42 Å². The fourth-order valence-electron chi connectivity index (χ4n) is 2.94. The smallest absolute Gasteiger partial charge is 0.275 e. The second kappa shape index (κ2) is 8.08. The molecular formula is C20H20FN3O4. The van der Waals surface area contributed by atoms with Gasteiger partial charge in [-0.1, -0.05) is 6.07 Å². The van der Waals surface area contributed by atoms with Gasteiger partial charge in [-0.2, -0.15) is 5.10 Å². The van der Waals surface area contributed by atoms with Crippen LogP contribution in [0.25, 0.3) is 10.9 Å². The molecule has 0 fully saturated rings. The van der Waals surface area contributed by atoms with Gasteiger partial charge in [0.05, 0.1) is 25.1 Å². The number of amides is 1. The molecule has 8 heteroatoms. The minimum absolute atomic E-state index is 0.113. The Bertz CT molecular complexity index is 1090. The second-order valence-electron chi connectivity index (χ2n) is 6.16. The Kier molecular flexibility index (Phi) is 5.58. The molecule has 3 rings (SSSR count). The fourth-order valence-corrected chi connectivity index (χ4v) is 2.94. The van der Waals surface area contributed by atoms with Crippen molar-refractivity contribution in [3.05, 3.63) is 63.7 Å². The van der Waals surface area contributed by atoms with Crippen molar-refractivity contribution in [1.29, 1.82) is 0 Å². The summed E-state index contributed by atoms with van der Waals surface area (Å²) < 4.78 is 25.3. The predicted molar refractivity (Wildman–Crippen MR) is 103 cm³/mol. The number of halogens is 1. The third-order valence-corrected chi connectivity index (χ3v) is 4.38. The van der Waals surface area contributed by atoms with Gasteiger partial charge in [-0.3, -0.25) is 14.3 Å². The number of fused-ring (bicyclic) bond motifs is 1. The summed E-state index contributed by atoms with van der Waals surface area (Å²) in [6.07, 6.45) is 0.522. The van der Waals surface area contributed by atoms with Gasteiger partial charge in [0.15, 0.2) is 17.2 Å². The third-order valence-electron chi connectivity index (χ3n) is 4.38. The number of benzene rings is 2. The number of aryl methyl sites for hydroxylation is 1.